The first-order chi connectivity index (χ1) is 8.88. The summed E-state index contributed by atoms with van der Waals surface area (Å²) in [6, 6.07) is 4.13. The van der Waals surface area contributed by atoms with Gasteiger partial charge in [0.1, 0.15) is 5.82 Å². The quantitative estimate of drug-likeness (QED) is 0.923. The molecule has 0 fully saturated rings. The molecule has 0 radical (unpaired) electrons. The van der Waals surface area contributed by atoms with Crippen LogP contribution in [0.2, 0.25) is 0 Å². The van der Waals surface area contributed by atoms with Crippen molar-refractivity contribution in [1.82, 2.24) is 9.97 Å². The lowest BCUT2D eigenvalue weighted by molar-refractivity contribution is 0.956. The first-order valence-corrected chi connectivity index (χ1v) is 8.17. The zero-order chi connectivity index (χ0) is 12.4. The molecule has 0 saturated carbocycles. The van der Waals surface area contributed by atoms with Gasteiger partial charge in [-0.15, -0.1) is 11.3 Å². The number of nitrogens with zero attached hydrogens (tertiary/aromatic N) is 2. The Morgan fingerprint density at radius 2 is 2.28 bits per heavy atom. The molecule has 0 spiro atoms. The maximum atomic E-state index is 4.70. The highest BCUT2D eigenvalue weighted by molar-refractivity contribution is 7.98. The summed E-state index contributed by atoms with van der Waals surface area (Å²) in [6.07, 6.45) is 1.11. The summed E-state index contributed by atoms with van der Waals surface area (Å²) in [4.78, 5) is 10.5. The van der Waals surface area contributed by atoms with Crippen LogP contribution in [0.4, 0.5) is 5.82 Å². The van der Waals surface area contributed by atoms with Crippen molar-refractivity contribution < 1.29 is 0 Å². The summed E-state index contributed by atoms with van der Waals surface area (Å²) in [5.74, 6) is 3.95. The van der Waals surface area contributed by atoms with Crippen molar-refractivity contribution in [1.29, 1.82) is 0 Å². The first-order valence-electron chi connectivity index (χ1n) is 6.13. The number of hydrogen-bond donors (Lipinski definition) is 1. The summed E-state index contributed by atoms with van der Waals surface area (Å²) in [6.45, 7) is 3.14. The molecule has 3 nitrogen and oxygen atoms in total. The molecule has 5 heteroatoms. The van der Waals surface area contributed by atoms with E-state index in [1.165, 1.54) is 11.3 Å². The highest BCUT2D eigenvalue weighted by atomic mass is 32.2. The standard InChI is InChI=1S/C13H15N3S2/c1-2-5-14-12-9-7-17-8-10(9)15-13(16-12)11-4-3-6-18-11/h3-4,6H,2,5,7-8H2,1H3,(H,14,15,16). The van der Waals surface area contributed by atoms with Gasteiger partial charge in [-0.2, -0.15) is 11.8 Å². The zero-order valence-electron chi connectivity index (χ0n) is 10.3. The minimum absolute atomic E-state index is 0.866. The van der Waals surface area contributed by atoms with Crippen molar-refractivity contribution >= 4 is 28.9 Å². The second-order valence-corrected chi connectivity index (χ2v) is 6.15. The number of hydrogen-bond acceptors (Lipinski definition) is 5. The molecule has 0 unspecified atom stereocenters. The SMILES string of the molecule is CCCNc1nc(-c2cccs2)nc2c1CSC2. The number of anilines is 1. The van der Waals surface area contributed by atoms with Gasteiger partial charge in [-0.3, -0.25) is 0 Å². The Labute approximate surface area is 115 Å². The maximum absolute atomic E-state index is 4.70. The maximum Gasteiger partial charge on any atom is 0.171 e. The summed E-state index contributed by atoms with van der Waals surface area (Å²) < 4.78 is 0. The number of thiophene rings is 1. The van der Waals surface area contributed by atoms with Crippen molar-refractivity contribution in [2.75, 3.05) is 11.9 Å². The van der Waals surface area contributed by atoms with E-state index >= 15 is 0 Å². The molecule has 0 atom stereocenters. The molecule has 1 aliphatic rings. The van der Waals surface area contributed by atoms with Crippen LogP contribution in [0.5, 0.6) is 0 Å². The van der Waals surface area contributed by atoms with E-state index in [9.17, 15) is 0 Å². The summed E-state index contributed by atoms with van der Waals surface area (Å²) in [5.41, 5.74) is 2.51. The Morgan fingerprint density at radius 3 is 3.06 bits per heavy atom. The number of nitrogens with one attached hydrogen (secondary N) is 1. The average molecular weight is 277 g/mol. The monoisotopic (exact) mass is 277 g/mol. The Balaban J connectivity index is 2.02. The molecule has 0 amide bonds. The Bertz CT molecular complexity index is 537. The van der Waals surface area contributed by atoms with E-state index in [0.717, 1.165) is 41.0 Å². The summed E-state index contributed by atoms with van der Waals surface area (Å²) in [7, 11) is 0. The van der Waals surface area contributed by atoms with Gasteiger partial charge in [0.15, 0.2) is 5.82 Å². The number of fused-ring (bicyclic) bond motifs is 1. The van der Waals surface area contributed by atoms with Crippen LogP contribution in [0.15, 0.2) is 17.5 Å². The molecule has 0 aromatic carbocycles. The molecule has 0 bridgehead atoms. The highest BCUT2D eigenvalue weighted by Gasteiger charge is 2.20. The zero-order valence-corrected chi connectivity index (χ0v) is 11.9. The molecule has 18 heavy (non-hydrogen) atoms. The predicted molar refractivity (Wildman–Crippen MR) is 79.1 cm³/mol. The molecular weight excluding hydrogens is 262 g/mol. The second-order valence-electron chi connectivity index (χ2n) is 4.22. The van der Waals surface area contributed by atoms with Gasteiger partial charge in [0.25, 0.3) is 0 Å². The molecular formula is C13H15N3S2. The van der Waals surface area contributed by atoms with Gasteiger partial charge in [-0.1, -0.05) is 13.0 Å². The highest BCUT2D eigenvalue weighted by Crippen LogP contribution is 2.35. The van der Waals surface area contributed by atoms with Crippen LogP contribution in [-0.2, 0) is 11.5 Å². The van der Waals surface area contributed by atoms with Crippen LogP contribution >= 0.6 is 23.1 Å². The van der Waals surface area contributed by atoms with Gasteiger partial charge in [-0.05, 0) is 17.9 Å². The number of thioether (sulfide) groups is 1. The third-order valence-corrected chi connectivity index (χ3v) is 4.70. The van der Waals surface area contributed by atoms with Gasteiger partial charge in [0.05, 0.1) is 10.6 Å². The molecule has 1 N–H and O–H groups in total. The topological polar surface area (TPSA) is 37.8 Å². The lowest BCUT2D eigenvalue weighted by atomic mass is 10.2. The number of aromatic nitrogens is 2. The molecule has 2 aromatic heterocycles. The van der Waals surface area contributed by atoms with Crippen LogP contribution < -0.4 is 5.32 Å². The van der Waals surface area contributed by atoms with Crippen LogP contribution in [0.3, 0.4) is 0 Å². The normalized spacial score (nSPS) is 13.6. The van der Waals surface area contributed by atoms with Gasteiger partial charge in [-0.25, -0.2) is 9.97 Å². The molecule has 0 aliphatic carbocycles. The largest absolute Gasteiger partial charge is 0.370 e. The average Bonchev–Trinajstić information content (AvgIpc) is 3.05. The van der Waals surface area contributed by atoms with Crippen LogP contribution in [0.1, 0.15) is 24.6 Å². The molecule has 1 aliphatic heterocycles. The predicted octanol–water partition coefficient (Wildman–Crippen LogP) is 3.77. The molecule has 3 heterocycles. The molecule has 94 valence electrons. The van der Waals surface area contributed by atoms with Crippen molar-refractivity contribution in [2.24, 2.45) is 0 Å². The van der Waals surface area contributed by atoms with Gasteiger partial charge in [0.2, 0.25) is 0 Å². The number of rotatable bonds is 4. The molecule has 2 aromatic rings. The van der Waals surface area contributed by atoms with E-state index in [2.05, 4.69) is 23.7 Å². The van der Waals surface area contributed by atoms with Crippen molar-refractivity contribution in [3.63, 3.8) is 0 Å². The van der Waals surface area contributed by atoms with Crippen molar-refractivity contribution in [3.05, 3.63) is 28.8 Å². The lowest BCUT2D eigenvalue weighted by Crippen LogP contribution is -2.07. The van der Waals surface area contributed by atoms with Crippen molar-refractivity contribution in [3.8, 4) is 10.7 Å². The van der Waals surface area contributed by atoms with Gasteiger partial charge < -0.3 is 5.32 Å². The van der Waals surface area contributed by atoms with E-state index in [0.29, 0.717) is 0 Å². The fourth-order valence-electron chi connectivity index (χ4n) is 1.96. The van der Waals surface area contributed by atoms with E-state index in [1.54, 1.807) is 11.3 Å². The van der Waals surface area contributed by atoms with E-state index in [4.69, 9.17) is 9.97 Å². The minimum Gasteiger partial charge on any atom is -0.370 e. The summed E-state index contributed by atoms with van der Waals surface area (Å²) >= 11 is 3.61. The first kappa shape index (κ1) is 12.0. The van der Waals surface area contributed by atoms with E-state index < -0.39 is 0 Å². The van der Waals surface area contributed by atoms with Crippen LogP contribution in [-0.4, -0.2) is 16.5 Å². The van der Waals surface area contributed by atoms with Crippen molar-refractivity contribution in [2.45, 2.75) is 24.9 Å². The van der Waals surface area contributed by atoms with E-state index in [-0.39, 0.29) is 0 Å². The fourth-order valence-corrected chi connectivity index (χ4v) is 3.66. The van der Waals surface area contributed by atoms with Gasteiger partial charge >= 0.3 is 0 Å². The smallest absolute Gasteiger partial charge is 0.171 e. The lowest BCUT2D eigenvalue weighted by Gasteiger charge is -2.10. The Kier molecular flexibility index (Phi) is 3.52. The second kappa shape index (κ2) is 5.28. The molecule has 0 saturated heterocycles. The Hall–Kier alpha value is -1.07. The summed E-state index contributed by atoms with van der Waals surface area (Å²) in [5, 5.41) is 5.51. The minimum atomic E-state index is 0.866. The molecule has 3 rings (SSSR count). The van der Waals surface area contributed by atoms with Gasteiger partial charge in [0, 0.05) is 23.6 Å². The third-order valence-electron chi connectivity index (χ3n) is 2.86. The van der Waals surface area contributed by atoms with E-state index in [1.807, 2.05) is 17.8 Å². The van der Waals surface area contributed by atoms with Crippen LogP contribution in [0, 0.1) is 0 Å². The third kappa shape index (κ3) is 2.24. The van der Waals surface area contributed by atoms with Crippen LogP contribution in [0.25, 0.3) is 10.7 Å². The Morgan fingerprint density at radius 1 is 1.33 bits per heavy atom. The fraction of sp³-hybridized carbons (Fsp3) is 0.385.